The van der Waals surface area contributed by atoms with Crippen LogP contribution in [0, 0.1) is 5.41 Å². The summed E-state index contributed by atoms with van der Waals surface area (Å²) in [6, 6.07) is 10.7. The molecule has 1 fully saturated rings. The quantitative estimate of drug-likeness (QED) is 0.913. The molecule has 5 heteroatoms. The summed E-state index contributed by atoms with van der Waals surface area (Å²) < 4.78 is 11.3. The van der Waals surface area contributed by atoms with Gasteiger partial charge in [0.15, 0.2) is 0 Å². The lowest BCUT2D eigenvalue weighted by Crippen LogP contribution is -2.33. The van der Waals surface area contributed by atoms with Gasteiger partial charge in [-0.1, -0.05) is 42.4 Å². The second kappa shape index (κ2) is 6.32. The number of hydrogen-bond acceptors (Lipinski definition) is 5. The highest BCUT2D eigenvalue weighted by Gasteiger charge is 2.31. The SMILES string of the molecule is CC1(CNc2nnc(C(C)(C)c3ccccc3)o2)CCOCC1. The topological polar surface area (TPSA) is 60.2 Å². The molecule has 0 atom stereocenters. The number of benzene rings is 1. The van der Waals surface area contributed by atoms with Crippen molar-refractivity contribution in [2.75, 3.05) is 25.1 Å². The minimum atomic E-state index is -0.309. The van der Waals surface area contributed by atoms with E-state index >= 15 is 0 Å². The molecular weight excluding hydrogens is 290 g/mol. The molecule has 3 rings (SSSR count). The number of hydrogen-bond donors (Lipinski definition) is 1. The Kier molecular flexibility index (Phi) is 4.39. The zero-order valence-corrected chi connectivity index (χ0v) is 14.1. The Labute approximate surface area is 137 Å². The standard InChI is InChI=1S/C18H25N3O2/c1-17(2,14-7-5-4-6-8-14)15-20-21-16(23-15)19-13-18(3)9-11-22-12-10-18/h4-8H,9-13H2,1-3H3,(H,19,21). The number of rotatable bonds is 5. The van der Waals surface area contributed by atoms with Crippen molar-refractivity contribution in [2.24, 2.45) is 5.41 Å². The van der Waals surface area contributed by atoms with Crippen LogP contribution in [0.5, 0.6) is 0 Å². The van der Waals surface area contributed by atoms with Gasteiger partial charge in [-0.2, -0.15) is 0 Å². The van der Waals surface area contributed by atoms with Gasteiger partial charge >= 0.3 is 6.01 Å². The molecule has 1 aromatic carbocycles. The molecular formula is C18H25N3O2. The van der Waals surface area contributed by atoms with Crippen LogP contribution in [0.25, 0.3) is 0 Å². The normalized spacial score (nSPS) is 17.9. The van der Waals surface area contributed by atoms with Gasteiger partial charge in [0.1, 0.15) is 0 Å². The first-order valence-corrected chi connectivity index (χ1v) is 8.21. The van der Waals surface area contributed by atoms with Gasteiger partial charge in [-0.3, -0.25) is 0 Å². The highest BCUT2D eigenvalue weighted by atomic mass is 16.5. The maximum Gasteiger partial charge on any atom is 0.315 e. The number of nitrogens with one attached hydrogen (secondary N) is 1. The summed E-state index contributed by atoms with van der Waals surface area (Å²) in [6.07, 6.45) is 2.10. The fraction of sp³-hybridized carbons (Fsp3) is 0.556. The molecule has 0 aliphatic carbocycles. The van der Waals surface area contributed by atoms with Gasteiger partial charge in [0.25, 0.3) is 0 Å². The molecule has 1 saturated heterocycles. The Morgan fingerprint density at radius 3 is 2.52 bits per heavy atom. The summed E-state index contributed by atoms with van der Waals surface area (Å²) in [4.78, 5) is 0. The van der Waals surface area contributed by atoms with Gasteiger partial charge in [-0.15, -0.1) is 5.10 Å². The van der Waals surface area contributed by atoms with E-state index in [2.05, 4.69) is 48.4 Å². The first-order valence-electron chi connectivity index (χ1n) is 8.21. The minimum Gasteiger partial charge on any atom is -0.407 e. The Bertz CT molecular complexity index is 631. The lowest BCUT2D eigenvalue weighted by molar-refractivity contribution is 0.0298. The van der Waals surface area contributed by atoms with E-state index in [9.17, 15) is 0 Å². The number of aromatic nitrogens is 2. The average Bonchev–Trinajstić information content (AvgIpc) is 3.05. The van der Waals surface area contributed by atoms with Crippen LogP contribution >= 0.6 is 0 Å². The van der Waals surface area contributed by atoms with Gasteiger partial charge in [0.2, 0.25) is 5.89 Å². The fourth-order valence-electron chi connectivity index (χ4n) is 2.86. The van der Waals surface area contributed by atoms with Crippen molar-refractivity contribution in [1.29, 1.82) is 0 Å². The van der Waals surface area contributed by atoms with Crippen LogP contribution in [-0.2, 0) is 10.2 Å². The number of anilines is 1. The molecule has 0 saturated carbocycles. The third-order valence-corrected chi connectivity index (χ3v) is 4.82. The van der Waals surface area contributed by atoms with Crippen molar-refractivity contribution < 1.29 is 9.15 Å². The third-order valence-electron chi connectivity index (χ3n) is 4.82. The molecule has 2 heterocycles. The van der Waals surface area contributed by atoms with Crippen molar-refractivity contribution >= 4 is 6.01 Å². The molecule has 2 aromatic rings. The minimum absolute atomic E-state index is 0.224. The molecule has 1 aliphatic rings. The van der Waals surface area contributed by atoms with Gasteiger partial charge in [0, 0.05) is 19.8 Å². The maximum absolute atomic E-state index is 5.87. The molecule has 5 nitrogen and oxygen atoms in total. The monoisotopic (exact) mass is 315 g/mol. The van der Waals surface area contributed by atoms with E-state index in [4.69, 9.17) is 9.15 Å². The summed E-state index contributed by atoms with van der Waals surface area (Å²) in [5.41, 5.74) is 1.07. The van der Waals surface area contributed by atoms with Crippen molar-refractivity contribution in [3.05, 3.63) is 41.8 Å². The Morgan fingerprint density at radius 2 is 1.83 bits per heavy atom. The molecule has 23 heavy (non-hydrogen) atoms. The second-order valence-electron chi connectivity index (χ2n) is 7.18. The molecule has 1 N–H and O–H groups in total. The van der Waals surface area contributed by atoms with Crippen molar-refractivity contribution in [2.45, 2.75) is 39.0 Å². The van der Waals surface area contributed by atoms with Gasteiger partial charge in [-0.25, -0.2) is 0 Å². The second-order valence-corrected chi connectivity index (χ2v) is 7.18. The van der Waals surface area contributed by atoms with E-state index in [0.29, 0.717) is 11.9 Å². The van der Waals surface area contributed by atoms with Crippen LogP contribution in [-0.4, -0.2) is 30.0 Å². The number of ether oxygens (including phenoxy) is 1. The van der Waals surface area contributed by atoms with E-state index in [1.54, 1.807) is 0 Å². The van der Waals surface area contributed by atoms with Gasteiger partial charge in [0.05, 0.1) is 5.41 Å². The average molecular weight is 315 g/mol. The van der Waals surface area contributed by atoms with Crippen LogP contribution in [0.2, 0.25) is 0 Å². The van der Waals surface area contributed by atoms with Crippen molar-refractivity contribution in [1.82, 2.24) is 10.2 Å². The summed E-state index contributed by atoms with van der Waals surface area (Å²) in [5, 5.41) is 11.7. The van der Waals surface area contributed by atoms with Crippen LogP contribution in [0.4, 0.5) is 6.01 Å². The van der Waals surface area contributed by atoms with Crippen LogP contribution in [0.3, 0.4) is 0 Å². The Hall–Kier alpha value is -1.88. The van der Waals surface area contributed by atoms with Gasteiger partial charge in [-0.05, 0) is 37.7 Å². The summed E-state index contributed by atoms with van der Waals surface area (Å²) in [5.74, 6) is 0.628. The smallest absolute Gasteiger partial charge is 0.315 e. The summed E-state index contributed by atoms with van der Waals surface area (Å²) in [7, 11) is 0. The van der Waals surface area contributed by atoms with E-state index in [0.717, 1.165) is 38.2 Å². The molecule has 0 spiro atoms. The summed E-state index contributed by atoms with van der Waals surface area (Å²) >= 11 is 0. The zero-order chi connectivity index (χ0) is 16.3. The lowest BCUT2D eigenvalue weighted by Gasteiger charge is -2.33. The van der Waals surface area contributed by atoms with Crippen LogP contribution < -0.4 is 5.32 Å². The molecule has 124 valence electrons. The molecule has 0 amide bonds. The predicted molar refractivity (Wildman–Crippen MR) is 89.5 cm³/mol. The van der Waals surface area contributed by atoms with Crippen LogP contribution in [0.1, 0.15) is 45.1 Å². The molecule has 0 radical (unpaired) electrons. The fourth-order valence-corrected chi connectivity index (χ4v) is 2.86. The zero-order valence-electron chi connectivity index (χ0n) is 14.1. The summed E-state index contributed by atoms with van der Waals surface area (Å²) in [6.45, 7) is 8.94. The molecule has 1 aliphatic heterocycles. The number of nitrogens with zero attached hydrogens (tertiary/aromatic N) is 2. The Morgan fingerprint density at radius 1 is 1.13 bits per heavy atom. The van der Waals surface area contributed by atoms with E-state index in [1.165, 1.54) is 0 Å². The lowest BCUT2D eigenvalue weighted by atomic mass is 9.82. The maximum atomic E-state index is 5.87. The van der Waals surface area contributed by atoms with Crippen LogP contribution in [0.15, 0.2) is 34.7 Å². The molecule has 0 bridgehead atoms. The highest BCUT2D eigenvalue weighted by molar-refractivity contribution is 5.31. The third kappa shape index (κ3) is 3.55. The highest BCUT2D eigenvalue weighted by Crippen LogP contribution is 2.32. The van der Waals surface area contributed by atoms with Gasteiger partial charge < -0.3 is 14.5 Å². The first kappa shape index (κ1) is 16.0. The van der Waals surface area contributed by atoms with E-state index in [1.807, 2.05) is 18.2 Å². The molecule has 1 aromatic heterocycles. The predicted octanol–water partition coefficient (Wildman–Crippen LogP) is 3.62. The van der Waals surface area contributed by atoms with Crippen molar-refractivity contribution in [3.63, 3.8) is 0 Å². The molecule has 0 unspecified atom stereocenters. The Balaban J connectivity index is 1.68. The van der Waals surface area contributed by atoms with E-state index < -0.39 is 0 Å². The van der Waals surface area contributed by atoms with Crippen molar-refractivity contribution in [3.8, 4) is 0 Å². The first-order chi connectivity index (χ1) is 11.0. The van der Waals surface area contributed by atoms with E-state index in [-0.39, 0.29) is 10.8 Å². The largest absolute Gasteiger partial charge is 0.407 e.